The second-order valence-corrected chi connectivity index (χ2v) is 10.6. The molecule has 7 rings (SSSR count). The van der Waals surface area contributed by atoms with E-state index in [0.29, 0.717) is 0 Å². The molecule has 0 atom stereocenters. The van der Waals surface area contributed by atoms with Crippen LogP contribution in [0.2, 0.25) is 0 Å². The molecule has 0 saturated heterocycles. The molecule has 0 amide bonds. The minimum atomic E-state index is 0.871. The first kappa shape index (κ1) is 24.5. The average Bonchev–Trinajstić information content (AvgIpc) is 3.41. The van der Waals surface area contributed by atoms with Crippen molar-refractivity contribution in [2.24, 2.45) is 0 Å². The van der Waals surface area contributed by atoms with E-state index in [1.807, 2.05) is 18.2 Å². The van der Waals surface area contributed by atoms with Crippen LogP contribution in [-0.2, 0) is 0 Å². The molecule has 0 radical (unpaired) electrons. The van der Waals surface area contributed by atoms with Crippen molar-refractivity contribution in [1.82, 2.24) is 0 Å². The van der Waals surface area contributed by atoms with Crippen LogP contribution in [0.1, 0.15) is 0 Å². The number of rotatable bonds is 6. The Morgan fingerprint density at radius 1 is 0.450 bits per heavy atom. The lowest BCUT2D eigenvalue weighted by Crippen LogP contribution is -2.09. The van der Waals surface area contributed by atoms with Gasteiger partial charge >= 0.3 is 0 Å². The van der Waals surface area contributed by atoms with Crippen LogP contribution in [-0.4, -0.2) is 0 Å². The highest BCUT2D eigenvalue weighted by atomic mass is 127. The lowest BCUT2D eigenvalue weighted by atomic mass is 9.99. The zero-order valence-corrected chi connectivity index (χ0v) is 23.8. The van der Waals surface area contributed by atoms with Gasteiger partial charge in [-0.15, -0.1) is 0 Å². The van der Waals surface area contributed by atoms with Crippen LogP contribution in [0.15, 0.2) is 156 Å². The summed E-state index contributed by atoms with van der Waals surface area (Å²) in [6.07, 6.45) is 0. The lowest BCUT2D eigenvalue weighted by molar-refractivity contribution is 0.669. The van der Waals surface area contributed by atoms with Crippen LogP contribution in [0, 0.1) is 0 Å². The number of anilines is 5. The predicted octanol–water partition coefficient (Wildman–Crippen LogP) is 11.2. The first-order valence-electron chi connectivity index (χ1n) is 13.2. The molecule has 0 fully saturated rings. The molecule has 192 valence electrons. The van der Waals surface area contributed by atoms with E-state index in [0.717, 1.165) is 55.9 Å². The second kappa shape index (κ2) is 10.5. The summed E-state index contributed by atoms with van der Waals surface area (Å²) < 4.78 is 8.63. The average molecular weight is 629 g/mol. The van der Waals surface area contributed by atoms with Crippen molar-refractivity contribution in [3.05, 3.63) is 152 Å². The van der Waals surface area contributed by atoms with Crippen LogP contribution in [0.5, 0.6) is 0 Å². The van der Waals surface area contributed by atoms with E-state index in [9.17, 15) is 0 Å². The maximum absolute atomic E-state index is 6.46. The molecule has 0 bridgehead atoms. The molecule has 0 aliphatic heterocycles. The van der Waals surface area contributed by atoms with Gasteiger partial charge in [0.05, 0.1) is 34.2 Å². The predicted molar refractivity (Wildman–Crippen MR) is 176 cm³/mol. The Bertz CT molecular complexity index is 1860. The number of benzene rings is 6. The van der Waals surface area contributed by atoms with E-state index in [1.54, 1.807) is 0 Å². The molecular formula is C36H25IN2O. The minimum Gasteiger partial charge on any atom is -0.456 e. The Balaban J connectivity index is 1.30. The van der Waals surface area contributed by atoms with Gasteiger partial charge in [-0.2, -0.15) is 0 Å². The number of nitrogens with zero attached hydrogens (tertiary/aromatic N) is 2. The van der Waals surface area contributed by atoms with Gasteiger partial charge in [-0.1, -0.05) is 78.9 Å². The SMILES string of the molecule is IN(c1ccccc1)c1ccc(-c2cccc3oc4cc(N(c5ccccc5)c5ccccc5)ccc4c23)cc1. The molecule has 0 saturated carbocycles. The van der Waals surface area contributed by atoms with E-state index in [1.165, 1.54) is 5.56 Å². The molecule has 6 aromatic carbocycles. The molecule has 1 aromatic heterocycles. The van der Waals surface area contributed by atoms with Crippen molar-refractivity contribution in [2.45, 2.75) is 0 Å². The molecule has 0 N–H and O–H groups in total. The van der Waals surface area contributed by atoms with Gasteiger partial charge in [0.25, 0.3) is 0 Å². The Labute approximate surface area is 247 Å². The summed E-state index contributed by atoms with van der Waals surface area (Å²) in [6.45, 7) is 0. The molecule has 40 heavy (non-hydrogen) atoms. The summed E-state index contributed by atoms with van der Waals surface area (Å²) in [5.41, 5.74) is 9.62. The summed E-state index contributed by atoms with van der Waals surface area (Å²) in [6, 6.07) is 52.8. The molecule has 1 heterocycles. The van der Waals surface area contributed by atoms with Crippen molar-refractivity contribution < 1.29 is 4.42 Å². The highest BCUT2D eigenvalue weighted by Crippen LogP contribution is 2.41. The number of hydrogen-bond donors (Lipinski definition) is 0. The van der Waals surface area contributed by atoms with Gasteiger partial charge < -0.3 is 9.32 Å². The monoisotopic (exact) mass is 628 g/mol. The van der Waals surface area contributed by atoms with Crippen LogP contribution in [0.25, 0.3) is 33.1 Å². The number of halogens is 1. The summed E-state index contributed by atoms with van der Waals surface area (Å²) in [5.74, 6) is 0. The minimum absolute atomic E-state index is 0.871. The topological polar surface area (TPSA) is 19.6 Å². The van der Waals surface area contributed by atoms with Crippen LogP contribution < -0.4 is 8.01 Å². The van der Waals surface area contributed by atoms with Crippen molar-refractivity contribution >= 4 is 73.2 Å². The third-order valence-corrected chi connectivity index (χ3v) is 8.27. The standard InChI is InChI=1S/C36H25IN2O/c37-39(29-15-8-3-9-16-29)30-21-19-26(20-22-30)32-17-10-18-34-36(32)33-24-23-31(25-35(33)40-34)38(27-11-4-1-5-12-27)28-13-6-2-7-14-28/h1-25H. The molecular weight excluding hydrogens is 603 g/mol. The van der Waals surface area contributed by atoms with E-state index >= 15 is 0 Å². The highest BCUT2D eigenvalue weighted by molar-refractivity contribution is 14.1. The van der Waals surface area contributed by atoms with Crippen LogP contribution in [0.4, 0.5) is 28.4 Å². The first-order chi connectivity index (χ1) is 19.8. The Kier molecular flexibility index (Phi) is 6.46. The van der Waals surface area contributed by atoms with E-state index in [2.05, 4.69) is 164 Å². The number of hydrogen-bond acceptors (Lipinski definition) is 3. The highest BCUT2D eigenvalue weighted by Gasteiger charge is 2.17. The maximum atomic E-state index is 6.46. The number of furan rings is 1. The Hall–Kier alpha value is -4.55. The fraction of sp³-hybridized carbons (Fsp3) is 0. The molecule has 0 unspecified atom stereocenters. The van der Waals surface area contributed by atoms with Gasteiger partial charge in [0.1, 0.15) is 11.2 Å². The normalized spacial score (nSPS) is 11.1. The second-order valence-electron chi connectivity index (χ2n) is 9.63. The summed E-state index contributed by atoms with van der Waals surface area (Å²) in [5, 5.41) is 2.25. The van der Waals surface area contributed by atoms with Gasteiger partial charge in [-0.05, 0) is 77.9 Å². The van der Waals surface area contributed by atoms with E-state index in [-0.39, 0.29) is 0 Å². The number of fused-ring (bicyclic) bond motifs is 3. The van der Waals surface area contributed by atoms with Crippen molar-refractivity contribution in [1.29, 1.82) is 0 Å². The molecule has 4 heteroatoms. The van der Waals surface area contributed by atoms with Gasteiger partial charge in [-0.25, -0.2) is 0 Å². The number of para-hydroxylation sites is 3. The summed E-state index contributed by atoms with van der Waals surface area (Å²) in [4.78, 5) is 2.26. The fourth-order valence-corrected chi connectivity index (χ4v) is 5.92. The van der Waals surface area contributed by atoms with E-state index < -0.39 is 0 Å². The van der Waals surface area contributed by atoms with Gasteiger partial charge in [0, 0.05) is 33.9 Å². The third-order valence-electron chi connectivity index (χ3n) is 7.16. The van der Waals surface area contributed by atoms with Gasteiger partial charge in [0.2, 0.25) is 0 Å². The zero-order valence-electron chi connectivity index (χ0n) is 21.6. The molecule has 0 aliphatic rings. The summed E-state index contributed by atoms with van der Waals surface area (Å²) in [7, 11) is 0. The molecule has 7 aromatic rings. The largest absolute Gasteiger partial charge is 0.456 e. The van der Waals surface area contributed by atoms with Crippen LogP contribution >= 0.6 is 22.9 Å². The van der Waals surface area contributed by atoms with Gasteiger partial charge in [-0.3, -0.25) is 3.11 Å². The first-order valence-corrected chi connectivity index (χ1v) is 14.2. The Morgan fingerprint density at radius 3 is 1.62 bits per heavy atom. The maximum Gasteiger partial charge on any atom is 0.137 e. The Morgan fingerprint density at radius 2 is 1.00 bits per heavy atom. The third kappa shape index (κ3) is 4.50. The van der Waals surface area contributed by atoms with Crippen molar-refractivity contribution in [3.63, 3.8) is 0 Å². The van der Waals surface area contributed by atoms with Gasteiger partial charge in [0.15, 0.2) is 0 Å². The van der Waals surface area contributed by atoms with E-state index in [4.69, 9.17) is 4.42 Å². The molecule has 0 aliphatic carbocycles. The zero-order chi connectivity index (χ0) is 26.9. The quantitative estimate of drug-likeness (QED) is 0.135. The lowest BCUT2D eigenvalue weighted by Gasteiger charge is -2.25. The molecule has 3 nitrogen and oxygen atoms in total. The van der Waals surface area contributed by atoms with Crippen molar-refractivity contribution in [3.8, 4) is 11.1 Å². The smallest absolute Gasteiger partial charge is 0.137 e. The van der Waals surface area contributed by atoms with Crippen LogP contribution in [0.3, 0.4) is 0 Å². The van der Waals surface area contributed by atoms with Crippen molar-refractivity contribution in [2.75, 3.05) is 8.01 Å². The summed E-state index contributed by atoms with van der Waals surface area (Å²) >= 11 is 2.36. The molecule has 0 spiro atoms. The fourth-order valence-electron chi connectivity index (χ4n) is 5.28.